The molecule has 2 aromatic rings. The summed E-state index contributed by atoms with van der Waals surface area (Å²) in [6.07, 6.45) is 3.26. The predicted molar refractivity (Wildman–Crippen MR) is 121 cm³/mol. The van der Waals surface area contributed by atoms with Crippen molar-refractivity contribution in [2.24, 2.45) is 5.92 Å². The third-order valence-electron chi connectivity index (χ3n) is 6.27. The lowest BCUT2D eigenvalue weighted by atomic mass is 9.91. The molecule has 1 aromatic heterocycles. The minimum absolute atomic E-state index is 0.133. The molecule has 3 atom stereocenters. The fourth-order valence-electron chi connectivity index (χ4n) is 4.55. The van der Waals surface area contributed by atoms with E-state index in [9.17, 15) is 18.5 Å². The molecule has 3 heterocycles. The Morgan fingerprint density at radius 2 is 2.09 bits per heavy atom. The van der Waals surface area contributed by atoms with E-state index in [2.05, 4.69) is 9.97 Å². The Kier molecular flexibility index (Phi) is 6.17. The van der Waals surface area contributed by atoms with Crippen molar-refractivity contribution < 1.29 is 23.2 Å². The van der Waals surface area contributed by atoms with Gasteiger partial charge in [-0.2, -0.15) is 0 Å². The number of anilines is 2. The number of nitrogens with one attached hydrogen (secondary N) is 1. The monoisotopic (exact) mass is 477 g/mol. The number of hydrogen-bond acceptors (Lipinski definition) is 7. The van der Waals surface area contributed by atoms with Gasteiger partial charge in [-0.15, -0.1) is 0 Å². The molecular weight excluding hydrogens is 449 g/mol. The average Bonchev–Trinajstić information content (AvgIpc) is 3.17. The number of carbonyl (C=O) groups is 1. The molecule has 0 spiro atoms. The predicted octanol–water partition coefficient (Wildman–Crippen LogP) is 3.89. The topological polar surface area (TPSA) is 120 Å². The maximum atomic E-state index is 14.8. The van der Waals surface area contributed by atoms with Crippen molar-refractivity contribution in [2.75, 3.05) is 24.2 Å². The summed E-state index contributed by atoms with van der Waals surface area (Å²) in [7, 11) is -3.01. The van der Waals surface area contributed by atoms with Gasteiger partial charge in [0.15, 0.2) is 0 Å². The minimum Gasteiger partial charge on any atom is -0.474 e. The van der Waals surface area contributed by atoms with E-state index in [0.717, 1.165) is 11.6 Å². The number of fused-ring (bicyclic) bond motifs is 1. The molecule has 2 N–H and O–H groups in total. The van der Waals surface area contributed by atoms with Crippen molar-refractivity contribution in [1.82, 2.24) is 14.9 Å². The summed E-state index contributed by atoms with van der Waals surface area (Å²) in [4.78, 5) is 23.6. The third kappa shape index (κ3) is 4.59. The summed E-state index contributed by atoms with van der Waals surface area (Å²) in [6, 6.07) is 4.04. The maximum absolute atomic E-state index is 14.8. The van der Waals surface area contributed by atoms with Crippen molar-refractivity contribution >= 4 is 27.3 Å². The Morgan fingerprint density at radius 1 is 1.33 bits per heavy atom. The first kappa shape index (κ1) is 23.2. The lowest BCUT2D eigenvalue weighted by molar-refractivity contribution is 0.0361. The Morgan fingerprint density at radius 3 is 2.73 bits per heavy atom. The number of nitrogens with zero attached hydrogens (tertiary/aromatic N) is 4. The Hall–Kier alpha value is -2.95. The second-order valence-electron chi connectivity index (χ2n) is 8.89. The van der Waals surface area contributed by atoms with Crippen LogP contribution in [0.15, 0.2) is 29.4 Å². The molecular formula is C22H28FN5O4S. The maximum Gasteiger partial charge on any atom is 0.407 e. The number of carboxylic acid groups (broad SMARTS) is 1. The van der Waals surface area contributed by atoms with E-state index in [4.69, 9.17) is 9.52 Å². The van der Waals surface area contributed by atoms with Crippen LogP contribution >= 0.6 is 0 Å². The van der Waals surface area contributed by atoms with Crippen LogP contribution in [-0.4, -0.2) is 61.8 Å². The largest absolute Gasteiger partial charge is 0.474 e. The molecule has 178 valence electrons. The van der Waals surface area contributed by atoms with Crippen molar-refractivity contribution in [3.05, 3.63) is 35.9 Å². The molecule has 9 nitrogen and oxygen atoms in total. The van der Waals surface area contributed by atoms with Gasteiger partial charge in [0.2, 0.25) is 5.88 Å². The van der Waals surface area contributed by atoms with E-state index in [1.807, 2.05) is 13.8 Å². The first-order valence-corrected chi connectivity index (χ1v) is 12.8. The highest BCUT2D eigenvalue weighted by Crippen LogP contribution is 2.39. The second kappa shape index (κ2) is 8.77. The van der Waals surface area contributed by atoms with Crippen LogP contribution in [0.5, 0.6) is 5.88 Å². The highest BCUT2D eigenvalue weighted by atomic mass is 32.2. The molecule has 2 aliphatic rings. The number of piperidine rings is 1. The molecule has 11 heteroatoms. The number of rotatable bonds is 5. The van der Waals surface area contributed by atoms with Gasteiger partial charge in [-0.25, -0.2) is 28.1 Å². The average molecular weight is 478 g/mol. The van der Waals surface area contributed by atoms with Crippen LogP contribution in [0.25, 0.3) is 0 Å². The smallest absolute Gasteiger partial charge is 0.407 e. The van der Waals surface area contributed by atoms with Crippen molar-refractivity contribution in [2.45, 2.75) is 50.2 Å². The van der Waals surface area contributed by atoms with Crippen molar-refractivity contribution in [3.63, 3.8) is 0 Å². The van der Waals surface area contributed by atoms with E-state index in [-0.39, 0.29) is 23.0 Å². The molecule has 0 radical (unpaired) electrons. The van der Waals surface area contributed by atoms with Crippen LogP contribution in [0.3, 0.4) is 0 Å². The molecule has 0 saturated carbocycles. The van der Waals surface area contributed by atoms with Crippen LogP contribution in [0.4, 0.5) is 20.7 Å². The van der Waals surface area contributed by atoms with Crippen molar-refractivity contribution in [3.8, 4) is 5.88 Å². The van der Waals surface area contributed by atoms with E-state index >= 15 is 0 Å². The van der Waals surface area contributed by atoms with Crippen LogP contribution < -0.4 is 9.64 Å². The fraction of sp³-hybridized carbons (Fsp3) is 0.500. The molecule has 1 saturated heterocycles. The minimum atomic E-state index is -3.01. The first-order valence-electron chi connectivity index (χ1n) is 10.9. The molecule has 33 heavy (non-hydrogen) atoms. The van der Waals surface area contributed by atoms with Gasteiger partial charge in [0.25, 0.3) is 0 Å². The molecule has 1 amide bonds. The summed E-state index contributed by atoms with van der Waals surface area (Å²) in [5, 5.41) is 9.48. The van der Waals surface area contributed by atoms with Gasteiger partial charge in [-0.1, -0.05) is 13.8 Å². The Labute approximate surface area is 192 Å². The standard InChI is InChI=1S/C22H28FN5O4S/c1-13(2)19-10-14(6-8-28(19)22(29)30)32-21-16-7-9-27(20(16)25-12-26-21)18-5-4-15(11-17(18)23)33(3,24)31/h4-5,11-14,19,24H,6-10H2,1-3H3,(H,29,30)/t14?,19?,33-/m0/s1. The Balaban J connectivity index is 1.56. The molecule has 2 unspecified atom stereocenters. The van der Waals surface area contributed by atoms with Crippen LogP contribution in [0.1, 0.15) is 32.3 Å². The number of likely N-dealkylation sites (tertiary alicyclic amines) is 1. The molecule has 0 aliphatic carbocycles. The number of hydrogen-bond donors (Lipinski definition) is 2. The zero-order chi connectivity index (χ0) is 23.9. The number of halogens is 1. The summed E-state index contributed by atoms with van der Waals surface area (Å²) in [6.45, 7) is 4.88. The number of ether oxygens (including phenoxy) is 1. The highest BCUT2D eigenvalue weighted by molar-refractivity contribution is 7.91. The van der Waals surface area contributed by atoms with E-state index in [1.165, 1.54) is 29.6 Å². The fourth-order valence-corrected chi connectivity index (χ4v) is 5.21. The lowest BCUT2D eigenvalue weighted by Gasteiger charge is -2.39. The second-order valence-corrected chi connectivity index (χ2v) is 11.0. The zero-order valence-electron chi connectivity index (χ0n) is 18.8. The van der Waals surface area contributed by atoms with Gasteiger partial charge in [0, 0.05) is 43.1 Å². The summed E-state index contributed by atoms with van der Waals surface area (Å²) in [5.74, 6) is 0.590. The number of amides is 1. The molecule has 0 bridgehead atoms. The highest BCUT2D eigenvalue weighted by Gasteiger charge is 2.36. The molecule has 4 rings (SSSR count). The van der Waals surface area contributed by atoms with Gasteiger partial charge in [-0.05, 0) is 30.5 Å². The molecule has 1 fully saturated rings. The van der Waals surface area contributed by atoms with Crippen LogP contribution in [0, 0.1) is 16.5 Å². The SMILES string of the molecule is CC(C)C1CC(Oc2ncnc3c2CCN3c2ccc([S@@](C)(=N)=O)cc2F)CCN1C(=O)O. The van der Waals surface area contributed by atoms with Crippen molar-refractivity contribution in [1.29, 1.82) is 4.78 Å². The van der Waals surface area contributed by atoms with E-state index in [1.54, 1.807) is 4.90 Å². The van der Waals surface area contributed by atoms with E-state index in [0.29, 0.717) is 49.7 Å². The Bertz CT molecular complexity index is 1170. The first-order chi connectivity index (χ1) is 15.6. The number of aromatic nitrogens is 2. The van der Waals surface area contributed by atoms with Gasteiger partial charge >= 0.3 is 6.09 Å². The van der Waals surface area contributed by atoms with Gasteiger partial charge in [-0.3, -0.25) is 0 Å². The summed E-state index contributed by atoms with van der Waals surface area (Å²) in [5.41, 5.74) is 1.07. The summed E-state index contributed by atoms with van der Waals surface area (Å²) >= 11 is 0. The van der Waals surface area contributed by atoms with E-state index < -0.39 is 21.6 Å². The molecule has 2 aliphatic heterocycles. The number of benzene rings is 1. The molecule has 1 aromatic carbocycles. The summed E-state index contributed by atoms with van der Waals surface area (Å²) < 4.78 is 40.7. The third-order valence-corrected chi connectivity index (χ3v) is 7.43. The normalized spacial score (nSPS) is 22.2. The van der Waals surface area contributed by atoms with Gasteiger partial charge < -0.3 is 19.6 Å². The zero-order valence-corrected chi connectivity index (χ0v) is 19.6. The van der Waals surface area contributed by atoms with Gasteiger partial charge in [0.05, 0.1) is 21.0 Å². The van der Waals surface area contributed by atoms with Crippen LogP contribution in [0.2, 0.25) is 0 Å². The van der Waals surface area contributed by atoms with Crippen LogP contribution in [-0.2, 0) is 16.1 Å². The van der Waals surface area contributed by atoms with Gasteiger partial charge in [0.1, 0.15) is 24.1 Å². The lowest BCUT2D eigenvalue weighted by Crippen LogP contribution is -2.50. The quantitative estimate of drug-likeness (QED) is 0.670.